The van der Waals surface area contributed by atoms with Gasteiger partial charge in [0.1, 0.15) is 5.65 Å². The first-order valence-electron chi connectivity index (χ1n) is 14.1. The van der Waals surface area contributed by atoms with Gasteiger partial charge in [-0.15, -0.1) is 0 Å². The molecule has 5 rings (SSSR count). The van der Waals surface area contributed by atoms with Crippen molar-refractivity contribution in [2.45, 2.75) is 32.2 Å². The van der Waals surface area contributed by atoms with Crippen LogP contribution in [0.2, 0.25) is 5.02 Å². The molecule has 1 aliphatic rings. The normalized spacial score (nSPS) is 14.5. The summed E-state index contributed by atoms with van der Waals surface area (Å²) in [7, 11) is 1.65. The molecule has 2 amide bonds. The summed E-state index contributed by atoms with van der Waals surface area (Å²) in [5, 5.41) is 7.85. The molecule has 1 saturated heterocycles. The number of amides is 2. The van der Waals surface area contributed by atoms with Crippen LogP contribution in [0.5, 0.6) is 0 Å². The van der Waals surface area contributed by atoms with E-state index in [1.165, 1.54) is 0 Å². The summed E-state index contributed by atoms with van der Waals surface area (Å²) in [6.07, 6.45) is 4.13. The summed E-state index contributed by atoms with van der Waals surface area (Å²) in [6, 6.07) is 18.0. The Labute approximate surface area is 246 Å². The highest BCUT2D eigenvalue weighted by Gasteiger charge is 2.30. The van der Waals surface area contributed by atoms with E-state index in [4.69, 9.17) is 11.6 Å². The number of hydrogen-bond acceptors (Lipinski definition) is 5. The van der Waals surface area contributed by atoms with Gasteiger partial charge in [-0.05, 0) is 34.9 Å². The number of rotatable bonds is 9. The van der Waals surface area contributed by atoms with E-state index in [2.05, 4.69) is 57.5 Å². The van der Waals surface area contributed by atoms with Gasteiger partial charge in [-0.2, -0.15) is 0 Å². The number of carbonyl (C=O) groups is 2. The van der Waals surface area contributed by atoms with Crippen molar-refractivity contribution in [2.24, 2.45) is 0 Å². The topological polar surface area (TPSA) is 93.4 Å². The van der Waals surface area contributed by atoms with Crippen LogP contribution in [0.1, 0.15) is 30.9 Å². The fourth-order valence-electron chi connectivity index (χ4n) is 5.44. The zero-order valence-electron chi connectivity index (χ0n) is 23.8. The maximum atomic E-state index is 13.8. The highest BCUT2D eigenvalue weighted by atomic mass is 35.5. The first-order chi connectivity index (χ1) is 19.8. The number of H-pyrrole nitrogens is 1. The Hall–Kier alpha value is -3.88. The SMILES string of the molecule is CNC(=O)Cc1cccc(-c2cnc3[nH]ccc3c2N2CCN(C(=O)[C@H](CNC(C)C)c3ccc(Cl)cc3)CC2)c1. The first-order valence-corrected chi connectivity index (χ1v) is 14.5. The molecule has 3 N–H and O–H groups in total. The lowest BCUT2D eigenvalue weighted by Gasteiger charge is -2.38. The molecule has 2 aromatic carbocycles. The Bertz CT molecular complexity index is 1510. The monoisotopic (exact) mass is 572 g/mol. The Morgan fingerprint density at radius 2 is 1.80 bits per heavy atom. The van der Waals surface area contributed by atoms with Crippen LogP contribution in [0.3, 0.4) is 0 Å². The van der Waals surface area contributed by atoms with E-state index in [1.54, 1.807) is 7.05 Å². The number of carbonyl (C=O) groups excluding carboxylic acids is 2. The molecule has 1 atom stereocenters. The first kappa shape index (κ1) is 28.6. The van der Waals surface area contributed by atoms with Gasteiger partial charge in [-0.25, -0.2) is 4.98 Å². The minimum absolute atomic E-state index is 0.0251. The van der Waals surface area contributed by atoms with Crippen molar-refractivity contribution in [1.82, 2.24) is 25.5 Å². The third kappa shape index (κ3) is 6.55. The Morgan fingerprint density at radius 3 is 2.51 bits per heavy atom. The lowest BCUT2D eigenvalue weighted by atomic mass is 9.96. The second-order valence-corrected chi connectivity index (χ2v) is 11.2. The lowest BCUT2D eigenvalue weighted by Crippen LogP contribution is -2.51. The molecule has 0 aliphatic carbocycles. The van der Waals surface area contributed by atoms with Crippen molar-refractivity contribution in [3.05, 3.63) is 83.1 Å². The molecule has 2 aromatic heterocycles. The van der Waals surface area contributed by atoms with E-state index in [1.807, 2.05) is 53.7 Å². The number of aromatic amines is 1. The Morgan fingerprint density at radius 1 is 1.05 bits per heavy atom. The van der Waals surface area contributed by atoms with Crippen LogP contribution >= 0.6 is 11.6 Å². The summed E-state index contributed by atoms with van der Waals surface area (Å²) >= 11 is 6.13. The van der Waals surface area contributed by atoms with Crippen molar-refractivity contribution >= 4 is 40.1 Å². The number of nitrogens with zero attached hydrogens (tertiary/aromatic N) is 3. The van der Waals surface area contributed by atoms with Gasteiger partial charge in [0.25, 0.3) is 0 Å². The summed E-state index contributed by atoms with van der Waals surface area (Å²) in [5.74, 6) is -0.177. The van der Waals surface area contributed by atoms with Crippen molar-refractivity contribution in [2.75, 3.05) is 44.7 Å². The lowest BCUT2D eigenvalue weighted by molar-refractivity contribution is -0.133. The second kappa shape index (κ2) is 12.7. The number of benzene rings is 2. The van der Waals surface area contributed by atoms with Gasteiger partial charge in [0.05, 0.1) is 18.0 Å². The average Bonchev–Trinajstić information content (AvgIpc) is 3.46. The Kier molecular flexibility index (Phi) is 8.90. The highest BCUT2D eigenvalue weighted by Crippen LogP contribution is 2.37. The third-order valence-corrected chi connectivity index (χ3v) is 7.90. The maximum Gasteiger partial charge on any atom is 0.231 e. The molecule has 0 bridgehead atoms. The summed E-state index contributed by atoms with van der Waals surface area (Å²) < 4.78 is 0. The van der Waals surface area contributed by atoms with E-state index in [-0.39, 0.29) is 23.8 Å². The molecule has 214 valence electrons. The molecule has 41 heavy (non-hydrogen) atoms. The summed E-state index contributed by atoms with van der Waals surface area (Å²) in [5.41, 5.74) is 5.86. The minimum atomic E-state index is -0.280. The van der Waals surface area contributed by atoms with Crippen LogP contribution in [0.4, 0.5) is 5.69 Å². The van der Waals surface area contributed by atoms with Gasteiger partial charge in [-0.3, -0.25) is 9.59 Å². The number of halogens is 1. The molecular formula is C32H37ClN6O2. The fraction of sp³-hybridized carbons (Fsp3) is 0.344. The van der Waals surface area contributed by atoms with Gasteiger partial charge in [-0.1, -0.05) is 61.8 Å². The van der Waals surface area contributed by atoms with Crippen LogP contribution < -0.4 is 15.5 Å². The predicted octanol–water partition coefficient (Wildman–Crippen LogP) is 4.60. The van der Waals surface area contributed by atoms with Crippen LogP contribution in [0.15, 0.2) is 67.0 Å². The Balaban J connectivity index is 1.39. The third-order valence-electron chi connectivity index (χ3n) is 7.65. The number of hydrogen-bond donors (Lipinski definition) is 3. The van der Waals surface area contributed by atoms with Crippen LogP contribution in [-0.2, 0) is 16.0 Å². The van der Waals surface area contributed by atoms with Crippen molar-refractivity contribution in [3.8, 4) is 11.1 Å². The van der Waals surface area contributed by atoms with Gasteiger partial charge in [0.2, 0.25) is 11.8 Å². The maximum absolute atomic E-state index is 13.8. The standard InChI is InChI=1S/C32H37ClN6O2/c1-21(2)36-20-28(23-7-9-25(33)10-8-23)32(41)39-15-13-38(14-16-39)30-26-11-12-35-31(26)37-19-27(30)24-6-4-5-22(17-24)18-29(40)34-3/h4-12,17,19,21,28,36H,13-16,18,20H2,1-3H3,(H,34,40)(H,35,37)/t28-/m1/s1. The summed E-state index contributed by atoms with van der Waals surface area (Å²) in [4.78, 5) is 38.1. The fourth-order valence-corrected chi connectivity index (χ4v) is 5.56. The number of piperazine rings is 1. The zero-order valence-corrected chi connectivity index (χ0v) is 24.5. The van der Waals surface area contributed by atoms with E-state index in [9.17, 15) is 9.59 Å². The summed E-state index contributed by atoms with van der Waals surface area (Å²) in [6.45, 7) is 7.39. The molecule has 0 spiro atoms. The molecule has 0 saturated carbocycles. The second-order valence-electron chi connectivity index (χ2n) is 10.8. The van der Waals surface area contributed by atoms with Crippen molar-refractivity contribution in [3.63, 3.8) is 0 Å². The number of nitrogens with one attached hydrogen (secondary N) is 3. The molecule has 8 nitrogen and oxygen atoms in total. The van der Waals surface area contributed by atoms with Gasteiger partial charge in [0.15, 0.2) is 0 Å². The van der Waals surface area contributed by atoms with Crippen LogP contribution in [0.25, 0.3) is 22.2 Å². The van der Waals surface area contributed by atoms with Gasteiger partial charge in [0, 0.05) is 74.2 Å². The number of aromatic nitrogens is 2. The van der Waals surface area contributed by atoms with Gasteiger partial charge < -0.3 is 25.4 Å². The molecule has 4 aromatic rings. The molecule has 0 radical (unpaired) electrons. The molecule has 9 heteroatoms. The van der Waals surface area contributed by atoms with Gasteiger partial charge >= 0.3 is 0 Å². The molecule has 3 heterocycles. The minimum Gasteiger partial charge on any atom is -0.367 e. The van der Waals surface area contributed by atoms with Crippen molar-refractivity contribution < 1.29 is 9.59 Å². The van der Waals surface area contributed by atoms with E-state index >= 15 is 0 Å². The smallest absolute Gasteiger partial charge is 0.231 e. The van der Waals surface area contributed by atoms with Crippen molar-refractivity contribution in [1.29, 1.82) is 0 Å². The number of pyridine rings is 1. The number of fused-ring (bicyclic) bond motifs is 1. The van der Waals surface area contributed by atoms with E-state index in [0.29, 0.717) is 44.2 Å². The quantitative estimate of drug-likeness (QED) is 0.272. The molecule has 1 fully saturated rings. The zero-order chi connectivity index (χ0) is 28.9. The van der Waals surface area contributed by atoms with Crippen LogP contribution in [-0.4, -0.2) is 72.5 Å². The van der Waals surface area contributed by atoms with Crippen LogP contribution in [0, 0.1) is 0 Å². The average molecular weight is 573 g/mol. The largest absolute Gasteiger partial charge is 0.367 e. The molecule has 0 unspecified atom stereocenters. The predicted molar refractivity (Wildman–Crippen MR) is 165 cm³/mol. The van der Waals surface area contributed by atoms with E-state index < -0.39 is 0 Å². The molecular weight excluding hydrogens is 536 g/mol. The molecule has 1 aliphatic heterocycles. The highest BCUT2D eigenvalue weighted by molar-refractivity contribution is 6.30. The number of anilines is 1. The van der Waals surface area contributed by atoms with E-state index in [0.717, 1.165) is 39.0 Å². The number of likely N-dealkylation sites (N-methyl/N-ethyl adjacent to an activating group) is 1.